The van der Waals surface area contributed by atoms with E-state index in [-0.39, 0.29) is 6.04 Å². The molecule has 2 aromatic heterocycles. The van der Waals surface area contributed by atoms with Gasteiger partial charge < -0.3 is 15.5 Å². The Balaban J connectivity index is 1.88. The van der Waals surface area contributed by atoms with E-state index in [1.54, 1.807) is 29.7 Å². The molecule has 0 amide bonds. The molecule has 0 radical (unpaired) electrons. The monoisotopic (exact) mass is 274 g/mol. The normalized spacial score (nSPS) is 12.7. The summed E-state index contributed by atoms with van der Waals surface area (Å²) in [6.07, 6.45) is 2.71. The van der Waals surface area contributed by atoms with E-state index in [4.69, 9.17) is 10.2 Å². The standard InChI is InChI=1S/C13H14N4OS/c1-2-9(12-15-5-6-19-12)16-13-17-10-7-8(14)3-4-11(10)18-13/h3-7,9H,2,14H2,1H3,(H,16,17). The highest BCUT2D eigenvalue weighted by molar-refractivity contribution is 7.09. The first-order valence-electron chi connectivity index (χ1n) is 6.08. The SMILES string of the molecule is CCC(Nc1nc2cc(N)ccc2o1)c1nccs1. The molecule has 6 heteroatoms. The van der Waals surface area contributed by atoms with Crippen LogP contribution in [0, 0.1) is 0 Å². The molecule has 1 atom stereocenters. The Morgan fingerprint density at radius 3 is 3.11 bits per heavy atom. The lowest BCUT2D eigenvalue weighted by atomic mass is 10.2. The van der Waals surface area contributed by atoms with Crippen molar-refractivity contribution < 1.29 is 4.42 Å². The molecule has 0 aliphatic heterocycles. The van der Waals surface area contributed by atoms with Crippen LogP contribution in [0.15, 0.2) is 34.2 Å². The van der Waals surface area contributed by atoms with Crippen molar-refractivity contribution in [3.05, 3.63) is 34.8 Å². The fraction of sp³-hybridized carbons (Fsp3) is 0.231. The predicted octanol–water partition coefficient (Wildman–Crippen LogP) is 3.43. The number of hydrogen-bond donors (Lipinski definition) is 2. The summed E-state index contributed by atoms with van der Waals surface area (Å²) in [6.45, 7) is 2.10. The Morgan fingerprint density at radius 1 is 1.47 bits per heavy atom. The van der Waals surface area contributed by atoms with Gasteiger partial charge in [-0.2, -0.15) is 4.98 Å². The van der Waals surface area contributed by atoms with Crippen molar-refractivity contribution >= 4 is 34.1 Å². The number of nitrogens with one attached hydrogen (secondary N) is 1. The molecule has 19 heavy (non-hydrogen) atoms. The second kappa shape index (κ2) is 4.89. The maximum Gasteiger partial charge on any atom is 0.296 e. The fourth-order valence-electron chi connectivity index (χ4n) is 1.90. The van der Waals surface area contributed by atoms with Gasteiger partial charge in [0.05, 0.1) is 6.04 Å². The van der Waals surface area contributed by atoms with E-state index in [0.29, 0.717) is 11.7 Å². The van der Waals surface area contributed by atoms with Crippen molar-refractivity contribution in [2.75, 3.05) is 11.1 Å². The van der Waals surface area contributed by atoms with Gasteiger partial charge in [0.1, 0.15) is 10.5 Å². The van der Waals surface area contributed by atoms with Crippen LogP contribution in [0.4, 0.5) is 11.7 Å². The van der Waals surface area contributed by atoms with Crippen molar-refractivity contribution in [3.8, 4) is 0 Å². The van der Waals surface area contributed by atoms with Crippen molar-refractivity contribution in [3.63, 3.8) is 0 Å². The van der Waals surface area contributed by atoms with Gasteiger partial charge in [0.15, 0.2) is 5.58 Å². The average Bonchev–Trinajstić information content (AvgIpc) is 3.04. The van der Waals surface area contributed by atoms with Gasteiger partial charge in [-0.25, -0.2) is 4.98 Å². The Bertz CT molecular complexity index is 677. The summed E-state index contributed by atoms with van der Waals surface area (Å²) in [5, 5.41) is 6.27. The zero-order valence-electron chi connectivity index (χ0n) is 10.5. The highest BCUT2D eigenvalue weighted by atomic mass is 32.1. The molecule has 2 heterocycles. The summed E-state index contributed by atoms with van der Waals surface area (Å²) < 4.78 is 5.65. The summed E-state index contributed by atoms with van der Waals surface area (Å²) in [4.78, 5) is 8.71. The molecule has 1 unspecified atom stereocenters. The van der Waals surface area contributed by atoms with E-state index >= 15 is 0 Å². The van der Waals surface area contributed by atoms with Gasteiger partial charge in [-0.15, -0.1) is 11.3 Å². The third-order valence-electron chi connectivity index (χ3n) is 2.87. The van der Waals surface area contributed by atoms with Gasteiger partial charge in [0.2, 0.25) is 0 Å². The van der Waals surface area contributed by atoms with Gasteiger partial charge >= 0.3 is 0 Å². The number of aromatic nitrogens is 2. The lowest BCUT2D eigenvalue weighted by Crippen LogP contribution is -2.09. The number of benzene rings is 1. The molecule has 5 nitrogen and oxygen atoms in total. The van der Waals surface area contributed by atoms with E-state index in [2.05, 4.69) is 22.2 Å². The Hall–Kier alpha value is -2.08. The Morgan fingerprint density at radius 2 is 2.37 bits per heavy atom. The van der Waals surface area contributed by atoms with Gasteiger partial charge in [-0.3, -0.25) is 0 Å². The number of nitrogens with zero attached hydrogens (tertiary/aromatic N) is 2. The zero-order chi connectivity index (χ0) is 13.2. The maximum atomic E-state index is 5.73. The number of fused-ring (bicyclic) bond motifs is 1. The first kappa shape index (κ1) is 12.0. The molecule has 0 saturated heterocycles. The van der Waals surface area contributed by atoms with Gasteiger partial charge in [0, 0.05) is 17.3 Å². The first-order valence-corrected chi connectivity index (χ1v) is 6.96. The highest BCUT2D eigenvalue weighted by Crippen LogP contribution is 2.26. The average molecular weight is 274 g/mol. The quantitative estimate of drug-likeness (QED) is 0.713. The van der Waals surface area contributed by atoms with Crippen LogP contribution in [0.5, 0.6) is 0 Å². The first-order chi connectivity index (χ1) is 9.26. The molecule has 0 saturated carbocycles. The molecule has 3 rings (SSSR count). The summed E-state index contributed by atoms with van der Waals surface area (Å²) in [6, 6.07) is 6.05. The number of thiazole rings is 1. The molecular weight excluding hydrogens is 260 g/mol. The molecule has 0 aliphatic carbocycles. The molecule has 3 N–H and O–H groups in total. The lowest BCUT2D eigenvalue weighted by molar-refractivity contribution is 0.592. The fourth-order valence-corrected chi connectivity index (χ4v) is 2.67. The van der Waals surface area contributed by atoms with E-state index in [9.17, 15) is 0 Å². The van der Waals surface area contributed by atoms with Crippen LogP contribution in [-0.4, -0.2) is 9.97 Å². The third-order valence-corrected chi connectivity index (χ3v) is 3.76. The molecule has 0 spiro atoms. The molecular formula is C13H14N4OS. The molecule has 98 valence electrons. The number of hydrogen-bond acceptors (Lipinski definition) is 6. The van der Waals surface area contributed by atoms with Gasteiger partial charge in [-0.05, 0) is 24.6 Å². The van der Waals surface area contributed by atoms with Crippen molar-refractivity contribution in [2.45, 2.75) is 19.4 Å². The third kappa shape index (κ3) is 2.39. The number of nitrogens with two attached hydrogens (primary N) is 1. The minimum atomic E-state index is 0.116. The minimum Gasteiger partial charge on any atom is -0.424 e. The van der Waals surface area contributed by atoms with Crippen LogP contribution >= 0.6 is 11.3 Å². The number of anilines is 2. The molecule has 1 aromatic carbocycles. The van der Waals surface area contributed by atoms with Gasteiger partial charge in [0.25, 0.3) is 6.01 Å². The van der Waals surface area contributed by atoms with Crippen LogP contribution in [0.2, 0.25) is 0 Å². The van der Waals surface area contributed by atoms with Crippen molar-refractivity contribution in [2.24, 2.45) is 0 Å². The van der Waals surface area contributed by atoms with Crippen LogP contribution in [-0.2, 0) is 0 Å². The summed E-state index contributed by atoms with van der Waals surface area (Å²) in [7, 11) is 0. The van der Waals surface area contributed by atoms with Crippen LogP contribution in [0.3, 0.4) is 0 Å². The molecule has 0 bridgehead atoms. The van der Waals surface area contributed by atoms with Crippen molar-refractivity contribution in [1.29, 1.82) is 0 Å². The van der Waals surface area contributed by atoms with Crippen LogP contribution in [0.1, 0.15) is 24.4 Å². The van der Waals surface area contributed by atoms with Crippen molar-refractivity contribution in [1.82, 2.24) is 9.97 Å². The smallest absolute Gasteiger partial charge is 0.296 e. The Kier molecular flexibility index (Phi) is 3.08. The van der Waals surface area contributed by atoms with E-state index in [1.165, 1.54) is 0 Å². The molecule has 0 aliphatic rings. The van der Waals surface area contributed by atoms with Crippen LogP contribution in [0.25, 0.3) is 11.1 Å². The predicted molar refractivity (Wildman–Crippen MR) is 77.2 cm³/mol. The topological polar surface area (TPSA) is 77.0 Å². The maximum absolute atomic E-state index is 5.73. The summed E-state index contributed by atoms with van der Waals surface area (Å²) in [5.41, 5.74) is 7.90. The minimum absolute atomic E-state index is 0.116. The van der Waals surface area contributed by atoms with E-state index in [1.807, 2.05) is 11.4 Å². The van der Waals surface area contributed by atoms with E-state index in [0.717, 1.165) is 22.5 Å². The summed E-state index contributed by atoms with van der Waals surface area (Å²) in [5.74, 6) is 0. The highest BCUT2D eigenvalue weighted by Gasteiger charge is 2.15. The molecule has 0 fully saturated rings. The second-order valence-electron chi connectivity index (χ2n) is 4.22. The number of nitrogen functional groups attached to an aromatic ring is 1. The van der Waals surface area contributed by atoms with E-state index < -0.39 is 0 Å². The lowest BCUT2D eigenvalue weighted by Gasteiger charge is -2.11. The Labute approximate surface area is 114 Å². The zero-order valence-corrected chi connectivity index (χ0v) is 11.3. The molecule has 3 aromatic rings. The second-order valence-corrected chi connectivity index (χ2v) is 5.15. The summed E-state index contributed by atoms with van der Waals surface area (Å²) >= 11 is 1.62. The van der Waals surface area contributed by atoms with Crippen LogP contribution < -0.4 is 11.1 Å². The number of rotatable bonds is 4. The largest absolute Gasteiger partial charge is 0.424 e. The van der Waals surface area contributed by atoms with Gasteiger partial charge in [-0.1, -0.05) is 6.92 Å². The number of oxazole rings is 1.